The van der Waals surface area contributed by atoms with Gasteiger partial charge in [0.25, 0.3) is 0 Å². The van der Waals surface area contributed by atoms with Crippen LogP contribution < -0.4 is 5.32 Å². The molecule has 0 radical (unpaired) electrons. The van der Waals surface area contributed by atoms with Crippen molar-refractivity contribution in [3.8, 4) is 0 Å². The minimum Gasteiger partial charge on any atom is -0.478 e. The van der Waals surface area contributed by atoms with Crippen LogP contribution in [0.1, 0.15) is 82.0 Å². The molecule has 1 aromatic carbocycles. The Labute approximate surface area is 226 Å². The van der Waals surface area contributed by atoms with Crippen molar-refractivity contribution in [2.45, 2.75) is 102 Å². The number of hydrogen-bond donors (Lipinski definition) is 2. The van der Waals surface area contributed by atoms with Gasteiger partial charge in [-0.3, -0.25) is 15.1 Å². The lowest BCUT2D eigenvalue weighted by Crippen LogP contribution is -2.56. The number of carboxylic acid groups (broad SMARTS) is 1. The molecule has 0 amide bonds. The van der Waals surface area contributed by atoms with Gasteiger partial charge in [0.2, 0.25) is 0 Å². The summed E-state index contributed by atoms with van der Waals surface area (Å²) >= 11 is 0. The van der Waals surface area contributed by atoms with Gasteiger partial charge in [-0.25, -0.2) is 9.18 Å². The van der Waals surface area contributed by atoms with Crippen LogP contribution in [0.4, 0.5) is 4.39 Å². The van der Waals surface area contributed by atoms with Gasteiger partial charge in [0.05, 0.1) is 17.9 Å². The van der Waals surface area contributed by atoms with Crippen molar-refractivity contribution < 1.29 is 28.2 Å². The van der Waals surface area contributed by atoms with Crippen molar-refractivity contribution in [1.82, 2.24) is 10.3 Å². The highest BCUT2D eigenvalue weighted by molar-refractivity contribution is 6.74. The predicted octanol–water partition coefficient (Wildman–Crippen LogP) is 6.06. The first-order valence-electron chi connectivity index (χ1n) is 13.0. The molecular weight excluding hydrogens is 503 g/mol. The number of carbonyl (C=O) groups is 2. The Bertz CT molecular complexity index is 1160. The maximum absolute atomic E-state index is 14.3. The molecular formula is C29H41FN2O5Si. The highest BCUT2D eigenvalue weighted by Gasteiger charge is 2.51. The lowest BCUT2D eigenvalue weighted by atomic mass is 9.88. The zero-order chi connectivity index (χ0) is 28.5. The lowest BCUT2D eigenvalue weighted by molar-refractivity contribution is -0.163. The molecule has 0 spiro atoms. The molecule has 0 aliphatic carbocycles. The van der Waals surface area contributed by atoms with Gasteiger partial charge in [-0.1, -0.05) is 32.9 Å². The van der Waals surface area contributed by atoms with Crippen LogP contribution in [0.5, 0.6) is 0 Å². The number of carboxylic acids is 1. The van der Waals surface area contributed by atoms with Crippen molar-refractivity contribution >= 4 is 20.3 Å². The average molecular weight is 545 g/mol. The van der Waals surface area contributed by atoms with E-state index >= 15 is 0 Å². The van der Waals surface area contributed by atoms with Gasteiger partial charge in [-0.2, -0.15) is 0 Å². The van der Waals surface area contributed by atoms with E-state index in [1.54, 1.807) is 18.3 Å². The molecule has 3 atom stereocenters. The highest BCUT2D eigenvalue weighted by atomic mass is 28.4. The maximum atomic E-state index is 14.3. The van der Waals surface area contributed by atoms with Gasteiger partial charge in [-0.15, -0.1) is 0 Å². The van der Waals surface area contributed by atoms with Crippen molar-refractivity contribution in [3.63, 3.8) is 0 Å². The molecule has 1 fully saturated rings. The van der Waals surface area contributed by atoms with Crippen LogP contribution in [0.2, 0.25) is 18.1 Å². The first-order valence-corrected chi connectivity index (χ1v) is 15.9. The standard InChI is InChI=1S/C29H41FN2O5Si/c1-27(2,3)36-26(35)29(16-19-9-11-20(12-10-19)25(33)34)14-13-23(32-29)24(21-15-22(30)18-31-17-21)37-38(7,8)28(4,5)6/h9-12,15,17-18,23-24,32H,13-14,16H2,1-8H3,(H,33,34)/t23-,24-,29+/m1/s1. The quantitative estimate of drug-likeness (QED) is 0.308. The number of halogens is 1. The van der Waals surface area contributed by atoms with E-state index in [-0.39, 0.29) is 22.6 Å². The monoisotopic (exact) mass is 544 g/mol. The minimum atomic E-state index is -2.30. The molecule has 208 valence electrons. The van der Waals surface area contributed by atoms with Crippen molar-refractivity contribution in [2.24, 2.45) is 0 Å². The van der Waals surface area contributed by atoms with Gasteiger partial charge in [0, 0.05) is 24.2 Å². The van der Waals surface area contributed by atoms with Crippen molar-refractivity contribution in [3.05, 3.63) is 65.2 Å². The molecule has 2 N–H and O–H groups in total. The van der Waals surface area contributed by atoms with E-state index in [0.717, 1.165) is 5.56 Å². The van der Waals surface area contributed by atoms with Crippen LogP contribution in [0.25, 0.3) is 0 Å². The number of esters is 1. The number of nitrogens with zero attached hydrogens (tertiary/aromatic N) is 1. The third-order valence-corrected chi connectivity index (χ3v) is 11.9. The third kappa shape index (κ3) is 7.06. The second kappa shape index (κ2) is 10.9. The van der Waals surface area contributed by atoms with Gasteiger partial charge >= 0.3 is 11.9 Å². The van der Waals surface area contributed by atoms with E-state index in [9.17, 15) is 19.1 Å². The van der Waals surface area contributed by atoms with E-state index in [2.05, 4.69) is 44.2 Å². The highest BCUT2D eigenvalue weighted by Crippen LogP contribution is 2.43. The second-order valence-electron chi connectivity index (χ2n) is 12.8. The number of ether oxygens (including phenoxy) is 1. The SMILES string of the molecule is CC(C)(C)OC(=O)[C@@]1(Cc2ccc(C(=O)O)cc2)CC[C@H]([C@H](O[Si](C)(C)C(C)(C)C)c2cncc(F)c2)N1. The largest absolute Gasteiger partial charge is 0.478 e. The van der Waals surface area contributed by atoms with Crippen LogP contribution in [0.3, 0.4) is 0 Å². The van der Waals surface area contributed by atoms with Gasteiger partial charge in [0.15, 0.2) is 8.32 Å². The Morgan fingerprint density at radius 3 is 2.32 bits per heavy atom. The number of rotatable bonds is 8. The fraction of sp³-hybridized carbons (Fsp3) is 0.552. The second-order valence-corrected chi connectivity index (χ2v) is 17.5. The number of aromatic nitrogens is 1. The Morgan fingerprint density at radius 2 is 1.79 bits per heavy atom. The average Bonchev–Trinajstić information content (AvgIpc) is 3.21. The molecule has 7 nitrogen and oxygen atoms in total. The summed E-state index contributed by atoms with van der Waals surface area (Å²) < 4.78 is 27.0. The third-order valence-electron chi connectivity index (χ3n) is 7.49. The Hall–Kier alpha value is -2.62. The molecule has 0 unspecified atom stereocenters. The first-order chi connectivity index (χ1) is 17.4. The fourth-order valence-corrected chi connectivity index (χ4v) is 5.74. The molecule has 3 rings (SSSR count). The zero-order valence-electron chi connectivity index (χ0n) is 23.7. The number of benzene rings is 1. The molecule has 0 saturated carbocycles. The molecule has 1 aliphatic rings. The molecule has 1 saturated heterocycles. The summed E-state index contributed by atoms with van der Waals surface area (Å²) in [6.45, 7) is 16.2. The summed E-state index contributed by atoms with van der Waals surface area (Å²) in [6, 6.07) is 7.68. The van der Waals surface area contributed by atoms with E-state index in [4.69, 9.17) is 9.16 Å². The molecule has 1 aliphatic heterocycles. The molecule has 1 aromatic heterocycles. The topological polar surface area (TPSA) is 97.8 Å². The van der Waals surface area contributed by atoms with Crippen LogP contribution >= 0.6 is 0 Å². The molecule has 38 heavy (non-hydrogen) atoms. The molecule has 9 heteroatoms. The minimum absolute atomic E-state index is 0.0846. The van der Waals surface area contributed by atoms with Crippen LogP contribution in [0, 0.1) is 5.82 Å². The fourth-order valence-electron chi connectivity index (χ4n) is 4.45. The molecule has 2 aromatic rings. The van der Waals surface area contributed by atoms with Gasteiger partial charge in [-0.05, 0) is 75.5 Å². The number of aromatic carboxylic acids is 1. The Balaban J connectivity index is 2.00. The number of pyridine rings is 1. The van der Waals surface area contributed by atoms with E-state index in [1.165, 1.54) is 24.4 Å². The summed E-state index contributed by atoms with van der Waals surface area (Å²) in [5.41, 5.74) is -0.140. The number of carbonyl (C=O) groups excluding carboxylic acids is 1. The Morgan fingerprint density at radius 1 is 1.16 bits per heavy atom. The maximum Gasteiger partial charge on any atom is 0.335 e. The van der Waals surface area contributed by atoms with Gasteiger partial charge in [0.1, 0.15) is 17.0 Å². The predicted molar refractivity (Wildman–Crippen MR) is 147 cm³/mol. The molecule has 0 bridgehead atoms. The van der Waals surface area contributed by atoms with Crippen LogP contribution in [-0.4, -0.2) is 47.5 Å². The van der Waals surface area contributed by atoms with E-state index < -0.39 is 37.3 Å². The summed E-state index contributed by atoms with van der Waals surface area (Å²) in [7, 11) is -2.30. The summed E-state index contributed by atoms with van der Waals surface area (Å²) in [5, 5.41) is 12.7. The summed E-state index contributed by atoms with van der Waals surface area (Å²) in [6.07, 6.45) is 3.67. The number of nitrogens with one attached hydrogen (secondary N) is 1. The van der Waals surface area contributed by atoms with E-state index in [1.807, 2.05) is 20.8 Å². The summed E-state index contributed by atoms with van der Waals surface area (Å²) in [5.74, 6) is -1.83. The smallest absolute Gasteiger partial charge is 0.335 e. The zero-order valence-corrected chi connectivity index (χ0v) is 24.7. The van der Waals surface area contributed by atoms with E-state index in [0.29, 0.717) is 24.8 Å². The number of hydrogen-bond acceptors (Lipinski definition) is 6. The first kappa shape index (κ1) is 29.9. The van der Waals surface area contributed by atoms with Crippen LogP contribution in [0.15, 0.2) is 42.7 Å². The summed E-state index contributed by atoms with van der Waals surface area (Å²) in [4.78, 5) is 29.1. The molecule has 2 heterocycles. The Kier molecular flexibility index (Phi) is 8.55. The van der Waals surface area contributed by atoms with Gasteiger partial charge < -0.3 is 14.3 Å². The van der Waals surface area contributed by atoms with Crippen LogP contribution in [-0.2, 0) is 20.4 Å². The van der Waals surface area contributed by atoms with Crippen molar-refractivity contribution in [2.75, 3.05) is 0 Å². The normalized spacial score (nSPS) is 21.2. The van der Waals surface area contributed by atoms with Crippen molar-refractivity contribution in [1.29, 1.82) is 0 Å². The lowest BCUT2D eigenvalue weighted by Gasteiger charge is -2.41.